The van der Waals surface area contributed by atoms with Crippen molar-refractivity contribution in [1.29, 1.82) is 0 Å². The van der Waals surface area contributed by atoms with Crippen molar-refractivity contribution >= 4 is 11.6 Å². The molecule has 1 aromatic rings. The monoisotopic (exact) mass is 308 g/mol. The average molecular weight is 309 g/mol. The van der Waals surface area contributed by atoms with Gasteiger partial charge in [-0.1, -0.05) is 17.7 Å². The van der Waals surface area contributed by atoms with Gasteiger partial charge in [-0.05, 0) is 49.5 Å². The highest BCUT2D eigenvalue weighted by Gasteiger charge is 2.32. The summed E-state index contributed by atoms with van der Waals surface area (Å²) in [4.78, 5) is 0. The van der Waals surface area contributed by atoms with Crippen molar-refractivity contribution < 1.29 is 17.9 Å². The number of alkyl halides is 3. The van der Waals surface area contributed by atoms with Crippen LogP contribution in [0.15, 0.2) is 18.2 Å². The Morgan fingerprint density at radius 2 is 1.95 bits per heavy atom. The van der Waals surface area contributed by atoms with Crippen LogP contribution < -0.4 is 15.8 Å². The van der Waals surface area contributed by atoms with E-state index in [2.05, 4.69) is 10.1 Å². The highest BCUT2D eigenvalue weighted by atomic mass is 35.5. The van der Waals surface area contributed by atoms with Crippen molar-refractivity contribution in [2.75, 3.05) is 13.1 Å². The smallest absolute Gasteiger partial charge is 0.404 e. The minimum Gasteiger partial charge on any atom is -0.404 e. The van der Waals surface area contributed by atoms with E-state index in [0.717, 1.165) is 31.5 Å². The second-order valence-corrected chi connectivity index (χ2v) is 5.26. The fourth-order valence-corrected chi connectivity index (χ4v) is 2.63. The van der Waals surface area contributed by atoms with Gasteiger partial charge in [0.15, 0.2) is 0 Å². The van der Waals surface area contributed by atoms with E-state index in [1.54, 1.807) is 6.07 Å². The van der Waals surface area contributed by atoms with E-state index in [-0.39, 0.29) is 11.1 Å². The third-order valence-corrected chi connectivity index (χ3v) is 3.75. The SMILES string of the molecule is N[C@@H](c1ccc(OC(F)(F)F)c(Cl)c1)C1CCNCC1. The Balaban J connectivity index is 2.11. The molecule has 1 atom stereocenters. The predicted octanol–water partition coefficient (Wildman–Crippen LogP) is 3.24. The molecule has 20 heavy (non-hydrogen) atoms. The lowest BCUT2D eigenvalue weighted by molar-refractivity contribution is -0.274. The molecule has 0 aromatic heterocycles. The predicted molar refractivity (Wildman–Crippen MR) is 70.7 cm³/mol. The second kappa shape index (κ2) is 6.20. The normalized spacial score (nSPS) is 18.9. The van der Waals surface area contributed by atoms with Crippen molar-refractivity contribution in [3.63, 3.8) is 0 Å². The van der Waals surface area contributed by atoms with Gasteiger partial charge in [-0.25, -0.2) is 0 Å². The zero-order valence-corrected chi connectivity index (χ0v) is 11.5. The Bertz CT molecular complexity index is 461. The molecule has 1 aliphatic heterocycles. The third kappa shape index (κ3) is 4.01. The molecule has 1 saturated heterocycles. The number of nitrogens with two attached hydrogens (primary N) is 1. The van der Waals surface area contributed by atoms with E-state index >= 15 is 0 Å². The highest BCUT2D eigenvalue weighted by Crippen LogP contribution is 2.34. The number of rotatable bonds is 3. The highest BCUT2D eigenvalue weighted by molar-refractivity contribution is 6.32. The molecule has 1 aromatic carbocycles. The Labute approximate surface area is 120 Å². The molecule has 0 bridgehead atoms. The summed E-state index contributed by atoms with van der Waals surface area (Å²) in [7, 11) is 0. The van der Waals surface area contributed by atoms with Crippen LogP contribution in [0.5, 0.6) is 5.75 Å². The van der Waals surface area contributed by atoms with E-state index in [4.69, 9.17) is 17.3 Å². The van der Waals surface area contributed by atoms with Gasteiger partial charge in [-0.3, -0.25) is 0 Å². The van der Waals surface area contributed by atoms with Crippen LogP contribution in [0.3, 0.4) is 0 Å². The second-order valence-electron chi connectivity index (χ2n) is 4.85. The molecule has 0 spiro atoms. The van der Waals surface area contributed by atoms with Gasteiger partial charge in [-0.15, -0.1) is 13.2 Å². The maximum absolute atomic E-state index is 12.2. The summed E-state index contributed by atoms with van der Waals surface area (Å²) in [6.07, 6.45) is -2.86. The first-order valence-corrected chi connectivity index (χ1v) is 6.76. The van der Waals surface area contributed by atoms with Crippen LogP contribution in [0, 0.1) is 5.92 Å². The number of piperidine rings is 1. The molecule has 1 heterocycles. The standard InChI is InChI=1S/C13H16ClF3N2O/c14-10-7-9(1-2-11(10)20-13(15,16)17)12(18)8-3-5-19-6-4-8/h1-2,7-8,12,19H,3-6,18H2/t12-/m1/s1. The van der Waals surface area contributed by atoms with E-state index < -0.39 is 12.1 Å². The first kappa shape index (κ1) is 15.4. The molecule has 0 saturated carbocycles. The van der Waals surface area contributed by atoms with Gasteiger partial charge in [-0.2, -0.15) is 0 Å². The molecule has 3 nitrogen and oxygen atoms in total. The zero-order chi connectivity index (χ0) is 14.8. The summed E-state index contributed by atoms with van der Waals surface area (Å²) in [5, 5.41) is 3.16. The van der Waals surface area contributed by atoms with Gasteiger partial charge < -0.3 is 15.8 Å². The summed E-state index contributed by atoms with van der Waals surface area (Å²) < 4.78 is 40.3. The largest absolute Gasteiger partial charge is 0.573 e. The van der Waals surface area contributed by atoms with Gasteiger partial charge in [0.05, 0.1) is 5.02 Å². The van der Waals surface area contributed by atoms with Crippen LogP contribution in [0.1, 0.15) is 24.4 Å². The fourth-order valence-electron chi connectivity index (χ4n) is 2.41. The molecule has 0 aliphatic carbocycles. The summed E-state index contributed by atoms with van der Waals surface area (Å²) in [6, 6.07) is 3.98. The van der Waals surface area contributed by atoms with Gasteiger partial charge >= 0.3 is 6.36 Å². The molecule has 1 fully saturated rings. The Morgan fingerprint density at radius 1 is 1.30 bits per heavy atom. The zero-order valence-electron chi connectivity index (χ0n) is 10.7. The van der Waals surface area contributed by atoms with Crippen LogP contribution in [0.25, 0.3) is 0 Å². The van der Waals surface area contributed by atoms with Crippen molar-refractivity contribution in [3.8, 4) is 5.75 Å². The molecule has 0 amide bonds. The third-order valence-electron chi connectivity index (χ3n) is 3.46. The number of nitrogens with one attached hydrogen (secondary N) is 1. The average Bonchev–Trinajstić information content (AvgIpc) is 2.40. The van der Waals surface area contributed by atoms with Gasteiger partial charge in [0.1, 0.15) is 5.75 Å². The summed E-state index contributed by atoms with van der Waals surface area (Å²) in [6.45, 7) is 1.81. The molecule has 0 unspecified atom stereocenters. The lowest BCUT2D eigenvalue weighted by Gasteiger charge is -2.28. The van der Waals surface area contributed by atoms with Crippen LogP contribution in [0.2, 0.25) is 5.02 Å². The molecule has 0 radical (unpaired) electrons. The van der Waals surface area contributed by atoms with E-state index in [1.165, 1.54) is 12.1 Å². The Morgan fingerprint density at radius 3 is 2.50 bits per heavy atom. The molecule has 7 heteroatoms. The van der Waals surface area contributed by atoms with Gasteiger partial charge in [0.25, 0.3) is 0 Å². The van der Waals surface area contributed by atoms with E-state index in [9.17, 15) is 13.2 Å². The molecular formula is C13H16ClF3N2O. The van der Waals surface area contributed by atoms with Crippen molar-refractivity contribution in [3.05, 3.63) is 28.8 Å². The summed E-state index contributed by atoms with van der Waals surface area (Å²) >= 11 is 5.83. The topological polar surface area (TPSA) is 47.3 Å². The molecule has 112 valence electrons. The molecular weight excluding hydrogens is 293 g/mol. The number of ether oxygens (including phenoxy) is 1. The van der Waals surface area contributed by atoms with Crippen LogP contribution >= 0.6 is 11.6 Å². The van der Waals surface area contributed by atoms with Crippen LogP contribution in [0.4, 0.5) is 13.2 Å². The Hall–Kier alpha value is -0.980. The van der Waals surface area contributed by atoms with Gasteiger partial charge in [0.2, 0.25) is 0 Å². The quantitative estimate of drug-likeness (QED) is 0.901. The lowest BCUT2D eigenvalue weighted by atomic mass is 9.86. The molecule has 3 N–H and O–H groups in total. The molecule has 1 aliphatic rings. The first-order valence-electron chi connectivity index (χ1n) is 6.38. The summed E-state index contributed by atoms with van der Waals surface area (Å²) in [5.41, 5.74) is 6.90. The van der Waals surface area contributed by atoms with Crippen molar-refractivity contribution in [2.45, 2.75) is 25.2 Å². The number of halogens is 4. The Kier molecular flexibility index (Phi) is 4.78. The minimum atomic E-state index is -4.75. The van der Waals surface area contributed by atoms with Crippen LogP contribution in [-0.2, 0) is 0 Å². The van der Waals surface area contributed by atoms with Crippen molar-refractivity contribution in [1.82, 2.24) is 5.32 Å². The van der Waals surface area contributed by atoms with Crippen LogP contribution in [-0.4, -0.2) is 19.5 Å². The molecule has 2 rings (SSSR count). The summed E-state index contributed by atoms with van der Waals surface area (Å²) in [5.74, 6) is -0.0953. The maximum Gasteiger partial charge on any atom is 0.573 e. The maximum atomic E-state index is 12.2. The van der Waals surface area contributed by atoms with Gasteiger partial charge in [0, 0.05) is 6.04 Å². The van der Waals surface area contributed by atoms with E-state index in [1.807, 2.05) is 0 Å². The number of benzene rings is 1. The number of hydrogen-bond donors (Lipinski definition) is 2. The lowest BCUT2D eigenvalue weighted by Crippen LogP contribution is -2.33. The number of hydrogen-bond acceptors (Lipinski definition) is 3. The van der Waals surface area contributed by atoms with E-state index in [0.29, 0.717) is 5.92 Å². The van der Waals surface area contributed by atoms with Crippen molar-refractivity contribution in [2.24, 2.45) is 11.7 Å². The minimum absolute atomic E-state index is 0.0794. The first-order chi connectivity index (χ1) is 9.37. The fraction of sp³-hybridized carbons (Fsp3) is 0.538.